The second kappa shape index (κ2) is 4.34. The first-order valence-corrected chi connectivity index (χ1v) is 5.40. The van der Waals surface area contributed by atoms with E-state index in [1.807, 2.05) is 30.3 Å². The van der Waals surface area contributed by atoms with E-state index in [9.17, 15) is 4.79 Å². The highest BCUT2D eigenvalue weighted by Gasteiger charge is 2.26. The minimum atomic E-state index is -0.210. The maximum Gasteiger partial charge on any atom is 0.240 e. The largest absolute Gasteiger partial charge is 0.368 e. The fourth-order valence-corrected chi connectivity index (χ4v) is 2.16. The lowest BCUT2D eigenvalue weighted by Gasteiger charge is -2.35. The van der Waals surface area contributed by atoms with Crippen molar-refractivity contribution >= 4 is 11.6 Å². The first-order valence-electron chi connectivity index (χ1n) is 5.40. The second-order valence-corrected chi connectivity index (χ2v) is 3.94. The lowest BCUT2D eigenvalue weighted by atomic mass is 10.0. The summed E-state index contributed by atoms with van der Waals surface area (Å²) in [5.74, 6) is -0.210. The Morgan fingerprint density at radius 1 is 1.27 bits per heavy atom. The summed E-state index contributed by atoms with van der Waals surface area (Å²) >= 11 is 0. The Morgan fingerprint density at radius 3 is 2.67 bits per heavy atom. The minimum Gasteiger partial charge on any atom is -0.368 e. The van der Waals surface area contributed by atoms with Crippen molar-refractivity contribution in [3.05, 3.63) is 30.3 Å². The van der Waals surface area contributed by atoms with Crippen LogP contribution in [0.1, 0.15) is 19.3 Å². The Hall–Kier alpha value is -1.51. The van der Waals surface area contributed by atoms with Gasteiger partial charge in [0.2, 0.25) is 5.91 Å². The van der Waals surface area contributed by atoms with E-state index in [1.165, 1.54) is 0 Å². The molecule has 1 saturated heterocycles. The number of para-hydroxylation sites is 1. The smallest absolute Gasteiger partial charge is 0.240 e. The van der Waals surface area contributed by atoms with E-state index in [2.05, 4.69) is 4.90 Å². The Morgan fingerprint density at radius 2 is 2.00 bits per heavy atom. The molecule has 80 valence electrons. The molecule has 1 aromatic carbocycles. The maximum absolute atomic E-state index is 11.3. The molecule has 1 fully saturated rings. The molecule has 0 bridgehead atoms. The van der Waals surface area contributed by atoms with Gasteiger partial charge in [0.05, 0.1) is 0 Å². The molecule has 3 nitrogen and oxygen atoms in total. The van der Waals surface area contributed by atoms with Gasteiger partial charge in [-0.25, -0.2) is 0 Å². The second-order valence-electron chi connectivity index (χ2n) is 3.94. The Labute approximate surface area is 89.9 Å². The SMILES string of the molecule is NC(=O)[C@H]1CCCCN1c1ccccc1. The molecule has 0 aliphatic carbocycles. The van der Waals surface area contributed by atoms with Crippen LogP contribution < -0.4 is 10.6 Å². The molecule has 1 amide bonds. The third kappa shape index (κ3) is 2.12. The monoisotopic (exact) mass is 204 g/mol. The summed E-state index contributed by atoms with van der Waals surface area (Å²) in [4.78, 5) is 13.4. The van der Waals surface area contributed by atoms with E-state index < -0.39 is 0 Å². The van der Waals surface area contributed by atoms with Gasteiger partial charge in [0.25, 0.3) is 0 Å². The summed E-state index contributed by atoms with van der Waals surface area (Å²) in [6, 6.07) is 9.89. The number of hydrogen-bond donors (Lipinski definition) is 1. The molecule has 2 N–H and O–H groups in total. The van der Waals surface area contributed by atoms with Crippen molar-refractivity contribution in [2.45, 2.75) is 25.3 Å². The van der Waals surface area contributed by atoms with Crippen molar-refractivity contribution in [1.82, 2.24) is 0 Å². The zero-order valence-electron chi connectivity index (χ0n) is 8.73. The maximum atomic E-state index is 11.3. The van der Waals surface area contributed by atoms with Crippen LogP contribution in [-0.4, -0.2) is 18.5 Å². The lowest BCUT2D eigenvalue weighted by molar-refractivity contribution is -0.119. The van der Waals surface area contributed by atoms with Crippen LogP contribution >= 0.6 is 0 Å². The molecule has 0 spiro atoms. The first-order chi connectivity index (χ1) is 7.29. The number of hydrogen-bond acceptors (Lipinski definition) is 2. The quantitative estimate of drug-likeness (QED) is 0.794. The number of amides is 1. The van der Waals surface area contributed by atoms with Crippen molar-refractivity contribution in [3.8, 4) is 0 Å². The molecular weight excluding hydrogens is 188 g/mol. The highest BCUT2D eigenvalue weighted by atomic mass is 16.1. The number of anilines is 1. The molecule has 0 unspecified atom stereocenters. The fourth-order valence-electron chi connectivity index (χ4n) is 2.16. The van der Waals surface area contributed by atoms with Crippen LogP contribution in [0, 0.1) is 0 Å². The minimum absolute atomic E-state index is 0.124. The number of primary amides is 1. The summed E-state index contributed by atoms with van der Waals surface area (Å²) in [6.45, 7) is 0.928. The van der Waals surface area contributed by atoms with E-state index >= 15 is 0 Å². The van der Waals surface area contributed by atoms with Gasteiger partial charge in [0, 0.05) is 12.2 Å². The average molecular weight is 204 g/mol. The number of nitrogens with two attached hydrogens (primary N) is 1. The van der Waals surface area contributed by atoms with Gasteiger partial charge < -0.3 is 10.6 Å². The van der Waals surface area contributed by atoms with Crippen LogP contribution in [0.2, 0.25) is 0 Å². The van der Waals surface area contributed by atoms with Gasteiger partial charge in [0.1, 0.15) is 6.04 Å². The van der Waals surface area contributed by atoms with Crippen molar-refractivity contribution in [2.75, 3.05) is 11.4 Å². The summed E-state index contributed by atoms with van der Waals surface area (Å²) in [6.07, 6.45) is 3.11. The zero-order chi connectivity index (χ0) is 10.7. The van der Waals surface area contributed by atoms with Crippen molar-refractivity contribution in [3.63, 3.8) is 0 Å². The summed E-state index contributed by atoms with van der Waals surface area (Å²) in [5.41, 5.74) is 6.51. The molecule has 1 aliphatic heterocycles. The summed E-state index contributed by atoms with van der Waals surface area (Å²) in [7, 11) is 0. The number of carbonyl (C=O) groups excluding carboxylic acids is 1. The summed E-state index contributed by atoms with van der Waals surface area (Å²) in [5, 5.41) is 0. The zero-order valence-corrected chi connectivity index (χ0v) is 8.73. The third-order valence-corrected chi connectivity index (χ3v) is 2.92. The van der Waals surface area contributed by atoms with Gasteiger partial charge in [0.15, 0.2) is 0 Å². The van der Waals surface area contributed by atoms with E-state index in [-0.39, 0.29) is 11.9 Å². The predicted molar refractivity (Wildman–Crippen MR) is 60.6 cm³/mol. The molecule has 0 saturated carbocycles. The number of carbonyl (C=O) groups is 1. The number of nitrogens with zero attached hydrogens (tertiary/aromatic N) is 1. The molecule has 1 aliphatic rings. The molecular formula is C12H16N2O. The van der Waals surface area contributed by atoms with E-state index in [0.717, 1.165) is 31.5 Å². The van der Waals surface area contributed by atoms with Gasteiger partial charge >= 0.3 is 0 Å². The van der Waals surface area contributed by atoms with Crippen molar-refractivity contribution in [2.24, 2.45) is 5.73 Å². The molecule has 1 atom stereocenters. The van der Waals surface area contributed by atoms with E-state index in [4.69, 9.17) is 5.73 Å². The van der Waals surface area contributed by atoms with Crippen molar-refractivity contribution in [1.29, 1.82) is 0 Å². The molecule has 1 heterocycles. The van der Waals surface area contributed by atoms with Gasteiger partial charge in [-0.2, -0.15) is 0 Å². The highest BCUT2D eigenvalue weighted by molar-refractivity contribution is 5.83. The fraction of sp³-hybridized carbons (Fsp3) is 0.417. The Bertz CT molecular complexity index is 337. The van der Waals surface area contributed by atoms with Crippen LogP contribution in [0.3, 0.4) is 0 Å². The van der Waals surface area contributed by atoms with Gasteiger partial charge in [-0.05, 0) is 31.4 Å². The van der Waals surface area contributed by atoms with E-state index in [1.54, 1.807) is 0 Å². The molecule has 0 radical (unpaired) electrons. The molecule has 0 aromatic heterocycles. The van der Waals surface area contributed by atoms with Crippen LogP contribution in [-0.2, 0) is 4.79 Å². The first kappa shape index (κ1) is 10.0. The predicted octanol–water partition coefficient (Wildman–Crippen LogP) is 1.53. The Kier molecular flexibility index (Phi) is 2.90. The normalized spacial score (nSPS) is 21.3. The van der Waals surface area contributed by atoms with Crippen LogP contribution in [0.4, 0.5) is 5.69 Å². The van der Waals surface area contributed by atoms with Gasteiger partial charge in [-0.15, -0.1) is 0 Å². The molecule has 15 heavy (non-hydrogen) atoms. The molecule has 1 aromatic rings. The summed E-state index contributed by atoms with van der Waals surface area (Å²) < 4.78 is 0. The number of benzene rings is 1. The number of piperidine rings is 1. The number of rotatable bonds is 2. The van der Waals surface area contributed by atoms with Gasteiger partial charge in [-0.1, -0.05) is 18.2 Å². The topological polar surface area (TPSA) is 46.3 Å². The lowest BCUT2D eigenvalue weighted by Crippen LogP contribution is -2.47. The van der Waals surface area contributed by atoms with Crippen LogP contribution in [0.15, 0.2) is 30.3 Å². The van der Waals surface area contributed by atoms with Crippen molar-refractivity contribution < 1.29 is 4.79 Å². The van der Waals surface area contributed by atoms with Crippen LogP contribution in [0.25, 0.3) is 0 Å². The average Bonchev–Trinajstić information content (AvgIpc) is 2.30. The standard InChI is InChI=1S/C12H16N2O/c13-12(15)11-8-4-5-9-14(11)10-6-2-1-3-7-10/h1-3,6-7,11H,4-5,8-9H2,(H2,13,15)/t11-/m1/s1. The Balaban J connectivity index is 2.22. The van der Waals surface area contributed by atoms with Crippen LogP contribution in [0.5, 0.6) is 0 Å². The molecule has 2 rings (SSSR count). The van der Waals surface area contributed by atoms with E-state index in [0.29, 0.717) is 0 Å². The third-order valence-electron chi connectivity index (χ3n) is 2.92. The highest BCUT2D eigenvalue weighted by Crippen LogP contribution is 2.24. The molecule has 3 heteroatoms. The van der Waals surface area contributed by atoms with Gasteiger partial charge in [-0.3, -0.25) is 4.79 Å².